The predicted molar refractivity (Wildman–Crippen MR) is 131 cm³/mol. The van der Waals surface area contributed by atoms with E-state index in [1.165, 1.54) is 6.33 Å². The molecule has 0 aliphatic carbocycles. The molecule has 1 aliphatic heterocycles. The minimum atomic E-state index is -0.605. The van der Waals surface area contributed by atoms with Crippen LogP contribution in [0.15, 0.2) is 60.0 Å². The highest BCUT2D eigenvalue weighted by Crippen LogP contribution is 2.24. The second-order valence-electron chi connectivity index (χ2n) is 8.97. The Morgan fingerprint density at radius 2 is 1.91 bits per heavy atom. The third kappa shape index (κ3) is 6.48. The summed E-state index contributed by atoms with van der Waals surface area (Å²) < 4.78 is 0. The van der Waals surface area contributed by atoms with Gasteiger partial charge in [-0.3, -0.25) is 9.59 Å². The number of allylic oxidation sites excluding steroid dienone is 1. The highest BCUT2D eigenvalue weighted by Gasteiger charge is 2.38. The second kappa shape index (κ2) is 12.2. The molecule has 10 nitrogen and oxygen atoms in total. The van der Waals surface area contributed by atoms with E-state index in [-0.39, 0.29) is 24.3 Å². The van der Waals surface area contributed by atoms with Crippen LogP contribution < -0.4 is 10.6 Å². The first kappa shape index (κ1) is 26.0. The van der Waals surface area contributed by atoms with Gasteiger partial charge in [-0.2, -0.15) is 5.11 Å². The fraction of sp³-hybridized carbons (Fsp3) is 0.440. The lowest BCUT2D eigenvalue weighted by molar-refractivity contribution is -0.141. The zero-order chi connectivity index (χ0) is 25.4. The number of hydrogen-bond acceptors (Lipinski definition) is 8. The fourth-order valence-electron chi connectivity index (χ4n) is 4.13. The normalized spacial score (nSPS) is 17.7. The average Bonchev–Trinajstić information content (AvgIpc) is 3.37. The van der Waals surface area contributed by atoms with Crippen LogP contribution >= 0.6 is 0 Å². The fourth-order valence-corrected chi connectivity index (χ4v) is 4.13. The molecule has 1 aromatic carbocycles. The number of amides is 2. The smallest absolute Gasteiger partial charge is 0.245 e. The summed E-state index contributed by atoms with van der Waals surface area (Å²) in [5.74, 6) is -0.479. The summed E-state index contributed by atoms with van der Waals surface area (Å²) in [5.41, 5.74) is 10.1. The first-order chi connectivity index (χ1) is 16.8. The maximum absolute atomic E-state index is 13.3. The molecule has 3 rings (SSSR count). The number of carbonyl (C=O) groups excluding carboxylic acids is 2. The van der Waals surface area contributed by atoms with Gasteiger partial charge in [0, 0.05) is 30.7 Å². The molecule has 4 N–H and O–H groups in total. The lowest BCUT2D eigenvalue weighted by atomic mass is 10.0. The minimum absolute atomic E-state index is 0.0275. The van der Waals surface area contributed by atoms with Crippen LogP contribution in [0.5, 0.6) is 0 Å². The van der Waals surface area contributed by atoms with E-state index in [4.69, 9.17) is 5.53 Å². The van der Waals surface area contributed by atoms with Crippen molar-refractivity contribution in [3.8, 4) is 11.1 Å². The van der Waals surface area contributed by atoms with Crippen LogP contribution in [0, 0.1) is 11.4 Å². The highest BCUT2D eigenvalue weighted by molar-refractivity contribution is 5.90. The Balaban J connectivity index is 1.70. The molecule has 186 valence electrons. The van der Waals surface area contributed by atoms with E-state index in [0.717, 1.165) is 23.1 Å². The Bertz CT molecular complexity index is 1040. The molecule has 0 radical (unpaired) electrons. The van der Waals surface area contributed by atoms with Gasteiger partial charge in [0.25, 0.3) is 0 Å². The van der Waals surface area contributed by atoms with E-state index in [1.54, 1.807) is 30.4 Å². The molecule has 10 heteroatoms. The van der Waals surface area contributed by atoms with E-state index >= 15 is 0 Å². The van der Waals surface area contributed by atoms with E-state index in [2.05, 4.69) is 25.7 Å². The molecule has 0 unspecified atom stereocenters. The highest BCUT2D eigenvalue weighted by atomic mass is 16.3. The molecule has 1 saturated heterocycles. The van der Waals surface area contributed by atoms with Crippen LogP contribution in [0.4, 0.5) is 0 Å². The van der Waals surface area contributed by atoms with Gasteiger partial charge < -0.3 is 20.6 Å². The van der Waals surface area contributed by atoms with Crippen molar-refractivity contribution in [3.63, 3.8) is 0 Å². The van der Waals surface area contributed by atoms with Gasteiger partial charge in [-0.15, -0.1) is 0 Å². The molecular formula is C25H33N7O3. The molecule has 0 spiro atoms. The van der Waals surface area contributed by atoms with Crippen LogP contribution in [-0.2, 0) is 9.59 Å². The summed E-state index contributed by atoms with van der Waals surface area (Å²) in [7, 11) is 0. The maximum Gasteiger partial charge on any atom is 0.245 e. The Labute approximate surface area is 205 Å². The summed E-state index contributed by atoms with van der Waals surface area (Å²) in [6, 6.07) is 5.76. The third-order valence-electron chi connectivity index (χ3n) is 6.13. The zero-order valence-electron chi connectivity index (χ0n) is 20.3. The lowest BCUT2D eigenvalue weighted by Gasteiger charge is -2.31. The lowest BCUT2D eigenvalue weighted by Crippen LogP contribution is -2.53. The number of aromatic nitrogens is 2. The second-order valence-corrected chi connectivity index (χ2v) is 8.97. The van der Waals surface area contributed by atoms with Gasteiger partial charge >= 0.3 is 0 Å². The van der Waals surface area contributed by atoms with Crippen LogP contribution in [0.1, 0.15) is 45.2 Å². The predicted octanol–water partition coefficient (Wildman–Crippen LogP) is 2.79. The summed E-state index contributed by atoms with van der Waals surface area (Å²) in [5, 5.41) is 19.3. The molecule has 35 heavy (non-hydrogen) atoms. The topological polar surface area (TPSA) is 144 Å². The van der Waals surface area contributed by atoms with Gasteiger partial charge in [0.1, 0.15) is 18.4 Å². The van der Waals surface area contributed by atoms with Gasteiger partial charge in [-0.1, -0.05) is 38.1 Å². The van der Waals surface area contributed by atoms with Crippen LogP contribution in [-0.4, -0.2) is 57.0 Å². The summed E-state index contributed by atoms with van der Waals surface area (Å²) >= 11 is 0. The Kier molecular flexibility index (Phi) is 9.02. The van der Waals surface area contributed by atoms with Crippen molar-refractivity contribution in [2.45, 2.75) is 51.7 Å². The third-order valence-corrected chi connectivity index (χ3v) is 6.13. The van der Waals surface area contributed by atoms with Crippen molar-refractivity contribution in [2.75, 3.05) is 13.2 Å². The van der Waals surface area contributed by atoms with Gasteiger partial charge in [0.05, 0.1) is 18.3 Å². The Morgan fingerprint density at radius 1 is 1.23 bits per heavy atom. The quantitative estimate of drug-likeness (QED) is 0.386. The number of carbonyl (C=O) groups is 2. The molecule has 2 amide bonds. The number of aliphatic hydroxyl groups is 1. The van der Waals surface area contributed by atoms with Crippen molar-refractivity contribution in [2.24, 2.45) is 11.0 Å². The first-order valence-electron chi connectivity index (χ1n) is 11.7. The summed E-state index contributed by atoms with van der Waals surface area (Å²) in [4.78, 5) is 36.2. The number of likely N-dealkylation sites (tertiary alicyclic amines) is 1. The zero-order valence-corrected chi connectivity index (χ0v) is 20.3. The molecule has 1 fully saturated rings. The number of nitrogens with one attached hydrogen (secondary N) is 3. The Hall–Kier alpha value is -3.66. The van der Waals surface area contributed by atoms with Crippen molar-refractivity contribution in [1.29, 1.82) is 5.53 Å². The van der Waals surface area contributed by atoms with E-state index < -0.39 is 18.1 Å². The Morgan fingerprint density at radius 3 is 2.51 bits per heavy atom. The van der Waals surface area contributed by atoms with Crippen molar-refractivity contribution < 1.29 is 14.7 Å². The van der Waals surface area contributed by atoms with Crippen molar-refractivity contribution in [1.82, 2.24) is 25.5 Å². The van der Waals surface area contributed by atoms with E-state index in [0.29, 0.717) is 18.7 Å². The van der Waals surface area contributed by atoms with Crippen molar-refractivity contribution in [3.05, 3.63) is 60.4 Å². The molecule has 3 atom stereocenters. The molecule has 2 heterocycles. The number of benzene rings is 1. The minimum Gasteiger partial charge on any atom is -0.394 e. The van der Waals surface area contributed by atoms with Gasteiger partial charge in [0.2, 0.25) is 11.8 Å². The van der Waals surface area contributed by atoms with E-state index in [1.807, 2.05) is 38.1 Å². The molecule has 1 aromatic heterocycles. The molecule has 0 saturated carbocycles. The van der Waals surface area contributed by atoms with Crippen LogP contribution in [0.3, 0.4) is 0 Å². The van der Waals surface area contributed by atoms with Gasteiger partial charge in [-0.25, -0.2) is 15.5 Å². The van der Waals surface area contributed by atoms with E-state index in [9.17, 15) is 14.7 Å². The largest absolute Gasteiger partial charge is 0.394 e. The number of hydrogen-bond donors (Lipinski definition) is 4. The summed E-state index contributed by atoms with van der Waals surface area (Å²) in [6.45, 7) is 5.74. The van der Waals surface area contributed by atoms with Gasteiger partial charge in [-0.05, 0) is 36.8 Å². The monoisotopic (exact) mass is 479 g/mol. The molecule has 2 aromatic rings. The summed E-state index contributed by atoms with van der Waals surface area (Å²) in [6.07, 6.45) is 7.74. The standard InChI is InChI=1S/C25H33N7O3/c1-16(2)23(29-11-17(3)31-26)25(35)32-10-4-5-22(32)24(34)30-21(14-33)19-8-6-18(7-9-19)20-12-27-15-28-13-20/h6-9,11-13,15-16,21-23,26,29,33H,4-5,10,14H2,1-3H3,(H,30,34)/b17-11-,31-26?/t21-,22-,23-/m0/s1. The number of aliphatic hydroxyl groups excluding tert-OH is 1. The average molecular weight is 480 g/mol. The number of rotatable bonds is 10. The molecular weight excluding hydrogens is 446 g/mol. The van der Waals surface area contributed by atoms with Crippen LogP contribution in [0.25, 0.3) is 11.1 Å². The maximum atomic E-state index is 13.3. The molecule has 1 aliphatic rings. The SMILES string of the molecule is C/C(=C/N[C@H](C(=O)N1CCC[C@H]1C(=O)N[C@@H](CO)c1ccc(-c2cncnc2)cc1)C(C)C)N=N. The van der Waals surface area contributed by atoms with Crippen molar-refractivity contribution >= 4 is 11.8 Å². The molecule has 0 bridgehead atoms. The van der Waals surface area contributed by atoms with Gasteiger partial charge in [0.15, 0.2) is 0 Å². The van der Waals surface area contributed by atoms with Crippen LogP contribution in [0.2, 0.25) is 0 Å². The number of nitrogens with zero attached hydrogens (tertiary/aromatic N) is 4. The first-order valence-corrected chi connectivity index (χ1v) is 11.7.